The molecule has 0 bridgehead atoms. The number of carbonyl (C=O) groups excluding carboxylic acids is 1. The fourth-order valence-corrected chi connectivity index (χ4v) is 4.25. The second-order valence-corrected chi connectivity index (χ2v) is 7.50. The fraction of sp³-hybridized carbons (Fsp3) is 0.562. The van der Waals surface area contributed by atoms with Crippen molar-refractivity contribution in [1.82, 2.24) is 14.9 Å². The lowest BCUT2D eigenvalue weighted by atomic mass is 10.2. The van der Waals surface area contributed by atoms with Gasteiger partial charge >= 0.3 is 0 Å². The van der Waals surface area contributed by atoms with Crippen molar-refractivity contribution in [2.24, 2.45) is 0 Å². The van der Waals surface area contributed by atoms with Gasteiger partial charge in [-0.3, -0.25) is 9.59 Å². The van der Waals surface area contributed by atoms with Crippen LogP contribution in [0.2, 0.25) is 0 Å². The van der Waals surface area contributed by atoms with Crippen molar-refractivity contribution in [3.8, 4) is 0 Å². The van der Waals surface area contributed by atoms with E-state index in [2.05, 4.69) is 11.9 Å². The third kappa shape index (κ3) is 2.90. The fourth-order valence-electron chi connectivity index (χ4n) is 3.21. The van der Waals surface area contributed by atoms with Crippen LogP contribution < -0.4 is 10.5 Å². The van der Waals surface area contributed by atoms with Gasteiger partial charge < -0.3 is 14.8 Å². The molecule has 2 N–H and O–H groups in total. The highest BCUT2D eigenvalue weighted by atomic mass is 32.1. The van der Waals surface area contributed by atoms with Gasteiger partial charge in [-0.2, -0.15) is 0 Å². The minimum atomic E-state index is -0.0412. The van der Waals surface area contributed by atoms with Crippen LogP contribution in [0.4, 0.5) is 0 Å². The van der Waals surface area contributed by atoms with E-state index in [0.717, 1.165) is 52.7 Å². The summed E-state index contributed by atoms with van der Waals surface area (Å²) in [7, 11) is 0. The average molecular weight is 335 g/mol. The molecule has 6 nitrogen and oxygen atoms in total. The number of hydrogen-bond donors (Lipinski definition) is 2. The molecule has 1 atom stereocenters. The molecule has 0 aliphatic carbocycles. The van der Waals surface area contributed by atoms with Crippen LogP contribution in [-0.2, 0) is 4.79 Å². The number of hydrogen-bond acceptors (Lipinski definition) is 4. The molecule has 23 heavy (non-hydrogen) atoms. The predicted octanol–water partition coefficient (Wildman–Crippen LogP) is 0.409. The Labute approximate surface area is 139 Å². The second-order valence-electron chi connectivity index (χ2n) is 6.30. The first kappa shape index (κ1) is 16.1. The van der Waals surface area contributed by atoms with Crippen LogP contribution in [0.15, 0.2) is 4.79 Å². The van der Waals surface area contributed by atoms with Gasteiger partial charge in [-0.25, -0.2) is 4.98 Å². The third-order valence-corrected chi connectivity index (χ3v) is 6.03. The Kier molecular flexibility index (Phi) is 4.25. The Bertz CT molecular complexity index is 802. The zero-order valence-electron chi connectivity index (χ0n) is 14.0. The molecule has 1 aliphatic heterocycles. The largest absolute Gasteiger partial charge is 0.332 e. The van der Waals surface area contributed by atoms with E-state index in [-0.39, 0.29) is 17.5 Å². The Morgan fingerprint density at radius 3 is 2.61 bits per heavy atom. The maximum atomic E-state index is 12.4. The average Bonchev–Trinajstić information content (AvgIpc) is 2.81. The third-order valence-electron chi connectivity index (χ3n) is 4.93. The molecule has 1 aliphatic rings. The molecular weight excluding hydrogens is 312 g/mol. The van der Waals surface area contributed by atoms with Crippen LogP contribution >= 0.6 is 11.3 Å². The first-order valence-electron chi connectivity index (χ1n) is 7.98. The molecule has 0 radical (unpaired) electrons. The van der Waals surface area contributed by atoms with Crippen LogP contribution in [0.5, 0.6) is 0 Å². The number of aromatic nitrogens is 2. The predicted molar refractivity (Wildman–Crippen MR) is 91.1 cm³/mol. The molecule has 0 unspecified atom stereocenters. The molecule has 1 saturated heterocycles. The summed E-state index contributed by atoms with van der Waals surface area (Å²) in [5.41, 5.74) is 0.987. The van der Waals surface area contributed by atoms with Crippen LogP contribution in [0.25, 0.3) is 10.2 Å². The Morgan fingerprint density at radius 2 is 2.00 bits per heavy atom. The summed E-state index contributed by atoms with van der Waals surface area (Å²) in [5.74, 6) is 0.879. The summed E-state index contributed by atoms with van der Waals surface area (Å²) in [6.07, 6.45) is 0. The van der Waals surface area contributed by atoms with E-state index in [4.69, 9.17) is 4.98 Å². The summed E-state index contributed by atoms with van der Waals surface area (Å²) < 4.78 is 0. The van der Waals surface area contributed by atoms with Crippen molar-refractivity contribution in [2.75, 3.05) is 26.2 Å². The van der Waals surface area contributed by atoms with E-state index < -0.39 is 0 Å². The Balaban J connectivity index is 1.86. The maximum Gasteiger partial charge on any atom is 0.260 e. The minimum absolute atomic E-state index is 0.0412. The van der Waals surface area contributed by atoms with Gasteiger partial charge in [0.05, 0.1) is 31.6 Å². The first-order chi connectivity index (χ1) is 10.9. The van der Waals surface area contributed by atoms with Gasteiger partial charge in [-0.15, -0.1) is 11.3 Å². The SMILES string of the molecule is CC(=O)N1CC[NH+]([C@@H](C)c2nc3sc(C)c(C)c3c(=O)[nH]2)CC1. The Morgan fingerprint density at radius 1 is 1.35 bits per heavy atom. The van der Waals surface area contributed by atoms with Crippen molar-refractivity contribution in [3.05, 3.63) is 26.6 Å². The topological polar surface area (TPSA) is 70.5 Å². The van der Waals surface area contributed by atoms with Gasteiger partial charge in [0.25, 0.3) is 5.56 Å². The number of carbonyl (C=O) groups is 1. The maximum absolute atomic E-state index is 12.4. The van der Waals surface area contributed by atoms with Gasteiger partial charge in [0.1, 0.15) is 10.9 Å². The van der Waals surface area contributed by atoms with Crippen LogP contribution in [0.1, 0.15) is 36.2 Å². The van der Waals surface area contributed by atoms with Gasteiger partial charge in [0.2, 0.25) is 5.91 Å². The van der Waals surface area contributed by atoms with E-state index in [1.807, 2.05) is 18.7 Å². The van der Waals surface area contributed by atoms with E-state index in [1.54, 1.807) is 18.3 Å². The highest BCUT2D eigenvalue weighted by Gasteiger charge is 2.28. The number of quaternary nitrogens is 1. The number of nitrogens with one attached hydrogen (secondary N) is 2. The lowest BCUT2D eigenvalue weighted by Crippen LogP contribution is -3.14. The van der Waals surface area contributed by atoms with Gasteiger partial charge in [-0.1, -0.05) is 0 Å². The highest BCUT2D eigenvalue weighted by molar-refractivity contribution is 7.18. The zero-order valence-corrected chi connectivity index (χ0v) is 14.8. The van der Waals surface area contributed by atoms with E-state index in [0.29, 0.717) is 0 Å². The molecule has 2 aromatic rings. The molecule has 3 rings (SSSR count). The number of aryl methyl sites for hydroxylation is 2. The first-order valence-corrected chi connectivity index (χ1v) is 8.80. The molecule has 0 saturated carbocycles. The highest BCUT2D eigenvalue weighted by Crippen LogP contribution is 2.26. The van der Waals surface area contributed by atoms with Crippen molar-refractivity contribution < 1.29 is 9.69 Å². The molecule has 124 valence electrons. The van der Waals surface area contributed by atoms with Crippen molar-refractivity contribution in [1.29, 1.82) is 0 Å². The number of piperazine rings is 1. The Hall–Kier alpha value is -1.73. The molecule has 0 aromatic carbocycles. The monoisotopic (exact) mass is 335 g/mol. The number of fused-ring (bicyclic) bond motifs is 1. The molecular formula is C16H23N4O2S+. The summed E-state index contributed by atoms with van der Waals surface area (Å²) in [5, 5.41) is 0.722. The molecule has 2 aromatic heterocycles. The van der Waals surface area contributed by atoms with Crippen LogP contribution in [0.3, 0.4) is 0 Å². The quantitative estimate of drug-likeness (QED) is 0.835. The standard InChI is InChI=1S/C16H22N4O2S/c1-9-11(3)23-16-13(9)15(22)17-14(18-16)10(2)19-5-7-20(8-6-19)12(4)21/h10H,5-8H2,1-4H3,(H,17,18,22)/p+1/t10-/m0/s1. The smallest absolute Gasteiger partial charge is 0.260 e. The molecule has 1 fully saturated rings. The zero-order chi connectivity index (χ0) is 16.7. The van der Waals surface area contributed by atoms with Gasteiger partial charge in [-0.05, 0) is 26.3 Å². The molecule has 7 heteroatoms. The number of H-pyrrole nitrogens is 1. The van der Waals surface area contributed by atoms with Gasteiger partial charge in [0, 0.05) is 11.8 Å². The van der Waals surface area contributed by atoms with E-state index in [9.17, 15) is 9.59 Å². The second kappa shape index (κ2) is 6.05. The number of rotatable bonds is 2. The van der Waals surface area contributed by atoms with E-state index in [1.165, 1.54) is 4.90 Å². The molecule has 1 amide bonds. The summed E-state index contributed by atoms with van der Waals surface area (Å²) in [6.45, 7) is 11.0. The molecule has 3 heterocycles. The number of nitrogens with zero attached hydrogens (tertiary/aromatic N) is 2. The minimum Gasteiger partial charge on any atom is -0.332 e. The van der Waals surface area contributed by atoms with Crippen LogP contribution in [0, 0.1) is 13.8 Å². The number of amides is 1. The van der Waals surface area contributed by atoms with E-state index >= 15 is 0 Å². The number of thiophene rings is 1. The number of aromatic amines is 1. The molecule has 0 spiro atoms. The lowest BCUT2D eigenvalue weighted by molar-refractivity contribution is -0.934. The normalized spacial score (nSPS) is 17.7. The van der Waals surface area contributed by atoms with Gasteiger partial charge in [0.15, 0.2) is 5.82 Å². The van der Waals surface area contributed by atoms with Crippen molar-refractivity contribution in [3.63, 3.8) is 0 Å². The van der Waals surface area contributed by atoms with Crippen molar-refractivity contribution >= 4 is 27.5 Å². The summed E-state index contributed by atoms with van der Waals surface area (Å²) in [6, 6.07) is 0.115. The van der Waals surface area contributed by atoms with Crippen molar-refractivity contribution in [2.45, 2.75) is 33.7 Å². The summed E-state index contributed by atoms with van der Waals surface area (Å²) >= 11 is 1.58. The van der Waals surface area contributed by atoms with Crippen LogP contribution in [-0.4, -0.2) is 47.0 Å². The summed E-state index contributed by atoms with van der Waals surface area (Å²) in [4.78, 5) is 36.7. The lowest BCUT2D eigenvalue weighted by Gasteiger charge is -2.34.